The van der Waals surface area contributed by atoms with Gasteiger partial charge in [0, 0.05) is 18.3 Å². The summed E-state index contributed by atoms with van der Waals surface area (Å²) in [5, 5.41) is 32.2. The molecule has 23 heavy (non-hydrogen) atoms. The van der Waals surface area contributed by atoms with Gasteiger partial charge in [0.2, 0.25) is 0 Å². The van der Waals surface area contributed by atoms with Gasteiger partial charge < -0.3 is 25.6 Å². The van der Waals surface area contributed by atoms with Crippen molar-refractivity contribution < 1.29 is 29.7 Å². The summed E-state index contributed by atoms with van der Waals surface area (Å²) < 4.78 is 0. The molecule has 1 aromatic rings. The lowest BCUT2D eigenvalue weighted by Gasteiger charge is -2.19. The summed E-state index contributed by atoms with van der Waals surface area (Å²) in [5.74, 6) is -3.43. The number of aromatic nitrogens is 2. The molecule has 1 rings (SSSR count). The van der Waals surface area contributed by atoms with Crippen LogP contribution in [0, 0.1) is 0 Å². The van der Waals surface area contributed by atoms with Crippen LogP contribution < -0.4 is 10.6 Å². The highest BCUT2D eigenvalue weighted by atomic mass is 16.4. The van der Waals surface area contributed by atoms with E-state index in [0.717, 1.165) is 0 Å². The number of imidazole rings is 1. The maximum Gasteiger partial charge on any atom is 0.321 e. The largest absolute Gasteiger partial charge is 0.480 e. The van der Waals surface area contributed by atoms with Crippen molar-refractivity contribution in [2.45, 2.75) is 37.9 Å². The van der Waals surface area contributed by atoms with Crippen molar-refractivity contribution in [2.24, 2.45) is 0 Å². The number of carboxylic acid groups (broad SMARTS) is 3. The van der Waals surface area contributed by atoms with Crippen LogP contribution in [-0.2, 0) is 20.8 Å². The zero-order valence-electron chi connectivity index (χ0n) is 12.5. The minimum atomic E-state index is -1.19. The molecule has 0 spiro atoms. The molecule has 128 valence electrons. The molecule has 0 fully saturated rings. The van der Waals surface area contributed by atoms with Gasteiger partial charge in [-0.2, -0.15) is 0 Å². The zero-order valence-corrected chi connectivity index (χ0v) is 12.5. The maximum absolute atomic E-state index is 11.2. The zero-order chi connectivity index (χ0) is 17.4. The smallest absolute Gasteiger partial charge is 0.321 e. The van der Waals surface area contributed by atoms with Crippen LogP contribution in [0.2, 0.25) is 0 Å². The molecule has 6 N–H and O–H groups in total. The van der Waals surface area contributed by atoms with Gasteiger partial charge in [-0.1, -0.05) is 0 Å². The normalized spacial score (nSPS) is 14.8. The molecule has 10 heteroatoms. The van der Waals surface area contributed by atoms with Crippen molar-refractivity contribution in [2.75, 3.05) is 6.54 Å². The van der Waals surface area contributed by atoms with E-state index >= 15 is 0 Å². The van der Waals surface area contributed by atoms with E-state index in [2.05, 4.69) is 20.6 Å². The number of nitrogens with zero attached hydrogens (tertiary/aromatic N) is 1. The Bertz CT molecular complexity index is 533. The second-order valence-electron chi connectivity index (χ2n) is 5.03. The van der Waals surface area contributed by atoms with Crippen molar-refractivity contribution in [1.29, 1.82) is 0 Å². The first-order valence-corrected chi connectivity index (χ1v) is 6.96. The van der Waals surface area contributed by atoms with E-state index in [1.54, 1.807) is 0 Å². The van der Waals surface area contributed by atoms with Crippen LogP contribution in [0.15, 0.2) is 12.5 Å². The molecule has 0 saturated heterocycles. The third-order valence-electron chi connectivity index (χ3n) is 3.22. The Morgan fingerprint density at radius 2 is 1.83 bits per heavy atom. The molecule has 0 radical (unpaired) electrons. The van der Waals surface area contributed by atoms with Gasteiger partial charge in [-0.15, -0.1) is 0 Å². The highest BCUT2D eigenvalue weighted by Crippen LogP contribution is 2.01. The van der Waals surface area contributed by atoms with E-state index in [4.69, 9.17) is 15.3 Å². The minimum absolute atomic E-state index is 0.0414. The first-order valence-electron chi connectivity index (χ1n) is 6.96. The Kier molecular flexibility index (Phi) is 7.16. The minimum Gasteiger partial charge on any atom is -0.480 e. The van der Waals surface area contributed by atoms with E-state index in [0.29, 0.717) is 5.69 Å². The molecule has 1 heterocycles. The summed E-state index contributed by atoms with van der Waals surface area (Å²) in [6, 6.07) is -3.01. The molecule has 10 nitrogen and oxygen atoms in total. The topological polar surface area (TPSA) is 165 Å². The second kappa shape index (κ2) is 8.86. The number of carboxylic acids is 3. The van der Waals surface area contributed by atoms with Gasteiger partial charge >= 0.3 is 17.9 Å². The third-order valence-corrected chi connectivity index (χ3v) is 3.22. The quantitative estimate of drug-likeness (QED) is 0.296. The average Bonchev–Trinajstić information content (AvgIpc) is 2.97. The standard InChI is InChI=1S/C13H20N4O6/c1-7(11(18)19)17-9(12(20)21)2-3-15-10(13(22)23)4-8-5-14-6-16-8/h5-7,9-10,15,17H,2-4H2,1H3,(H,14,16)(H,18,19)(H,20,21)(H,22,23)/t7-,9-,10+/m1/s1. The number of H-pyrrole nitrogens is 1. The Morgan fingerprint density at radius 1 is 1.17 bits per heavy atom. The van der Waals surface area contributed by atoms with Gasteiger partial charge in [0.15, 0.2) is 0 Å². The Morgan fingerprint density at radius 3 is 2.30 bits per heavy atom. The van der Waals surface area contributed by atoms with E-state index < -0.39 is 36.0 Å². The molecule has 3 atom stereocenters. The highest BCUT2D eigenvalue weighted by molar-refractivity contribution is 5.77. The molecule has 1 aromatic heterocycles. The third kappa shape index (κ3) is 6.45. The van der Waals surface area contributed by atoms with Gasteiger partial charge in [-0.25, -0.2) is 4.98 Å². The summed E-state index contributed by atoms with van der Waals surface area (Å²) >= 11 is 0. The van der Waals surface area contributed by atoms with E-state index in [1.807, 2.05) is 0 Å². The molecule has 0 bridgehead atoms. The van der Waals surface area contributed by atoms with Crippen molar-refractivity contribution in [3.05, 3.63) is 18.2 Å². The van der Waals surface area contributed by atoms with Crippen molar-refractivity contribution in [3.63, 3.8) is 0 Å². The van der Waals surface area contributed by atoms with Gasteiger partial charge in [0.05, 0.1) is 6.33 Å². The lowest BCUT2D eigenvalue weighted by molar-refractivity contribution is -0.142. The molecule has 0 saturated carbocycles. The fraction of sp³-hybridized carbons (Fsp3) is 0.538. The van der Waals surface area contributed by atoms with Crippen LogP contribution in [0.4, 0.5) is 0 Å². The van der Waals surface area contributed by atoms with Crippen molar-refractivity contribution >= 4 is 17.9 Å². The van der Waals surface area contributed by atoms with Gasteiger partial charge in [-0.3, -0.25) is 19.7 Å². The number of nitrogens with one attached hydrogen (secondary N) is 3. The second-order valence-corrected chi connectivity index (χ2v) is 5.03. The van der Waals surface area contributed by atoms with E-state index in [1.165, 1.54) is 19.4 Å². The SMILES string of the molecule is C[C@@H](N[C@H](CCN[C@@H](Cc1cnc[nH]1)C(=O)O)C(=O)O)C(=O)O. The molecular weight excluding hydrogens is 308 g/mol. The number of hydrogen-bond acceptors (Lipinski definition) is 6. The summed E-state index contributed by atoms with van der Waals surface area (Å²) in [5.41, 5.74) is 0.636. The van der Waals surface area contributed by atoms with Gasteiger partial charge in [0.1, 0.15) is 18.1 Å². The lowest BCUT2D eigenvalue weighted by atomic mass is 10.1. The summed E-state index contributed by atoms with van der Waals surface area (Å²) in [6.07, 6.45) is 3.16. The molecular formula is C13H20N4O6. The molecule has 0 aliphatic rings. The van der Waals surface area contributed by atoms with Crippen LogP contribution in [0.3, 0.4) is 0 Å². The summed E-state index contributed by atoms with van der Waals surface area (Å²) in [7, 11) is 0. The molecule has 0 aromatic carbocycles. The average molecular weight is 328 g/mol. The van der Waals surface area contributed by atoms with E-state index in [9.17, 15) is 14.4 Å². The molecule has 0 unspecified atom stereocenters. The number of aromatic amines is 1. The number of hydrogen-bond donors (Lipinski definition) is 6. The predicted octanol–water partition coefficient (Wildman–Crippen LogP) is -1.10. The molecule has 0 amide bonds. The van der Waals surface area contributed by atoms with Crippen LogP contribution >= 0.6 is 0 Å². The predicted molar refractivity (Wildman–Crippen MR) is 78.0 cm³/mol. The number of rotatable bonds is 11. The Hall–Kier alpha value is -2.46. The van der Waals surface area contributed by atoms with Gasteiger partial charge in [0.25, 0.3) is 0 Å². The van der Waals surface area contributed by atoms with Crippen LogP contribution in [-0.4, -0.2) is 67.9 Å². The Balaban J connectivity index is 2.50. The first-order chi connectivity index (χ1) is 10.8. The Labute approximate surface area is 131 Å². The maximum atomic E-state index is 11.2. The fourth-order valence-corrected chi connectivity index (χ4v) is 1.92. The first kappa shape index (κ1) is 18.6. The van der Waals surface area contributed by atoms with Crippen LogP contribution in [0.5, 0.6) is 0 Å². The van der Waals surface area contributed by atoms with Crippen LogP contribution in [0.1, 0.15) is 19.0 Å². The molecule has 0 aliphatic carbocycles. The van der Waals surface area contributed by atoms with Crippen molar-refractivity contribution in [3.8, 4) is 0 Å². The highest BCUT2D eigenvalue weighted by Gasteiger charge is 2.24. The summed E-state index contributed by atoms with van der Waals surface area (Å²) in [6.45, 7) is 1.44. The number of aliphatic carboxylic acids is 3. The van der Waals surface area contributed by atoms with E-state index in [-0.39, 0.29) is 19.4 Å². The van der Waals surface area contributed by atoms with Gasteiger partial charge in [-0.05, 0) is 19.9 Å². The monoisotopic (exact) mass is 328 g/mol. The fourth-order valence-electron chi connectivity index (χ4n) is 1.92. The number of carbonyl (C=O) groups is 3. The molecule has 0 aliphatic heterocycles. The van der Waals surface area contributed by atoms with Crippen molar-refractivity contribution in [1.82, 2.24) is 20.6 Å². The lowest BCUT2D eigenvalue weighted by Crippen LogP contribution is -2.48. The van der Waals surface area contributed by atoms with Crippen LogP contribution in [0.25, 0.3) is 0 Å². The summed E-state index contributed by atoms with van der Waals surface area (Å²) in [4.78, 5) is 39.6.